The third kappa shape index (κ3) is 3.62. The Balaban J connectivity index is 1.04. The van der Waals surface area contributed by atoms with Gasteiger partial charge in [-0.05, 0) is 0 Å². The predicted octanol–water partition coefficient (Wildman–Crippen LogP) is 8.82. The maximum atomic E-state index is 13.4. The molecule has 1 aromatic heterocycles. The molecule has 212 valence electrons. The van der Waals surface area contributed by atoms with Gasteiger partial charge in [-0.3, -0.25) is 0 Å². The summed E-state index contributed by atoms with van der Waals surface area (Å²) in [5, 5.41) is 2.02. The van der Waals surface area contributed by atoms with E-state index in [9.17, 15) is 9.59 Å². The van der Waals surface area contributed by atoms with Gasteiger partial charge in [0.05, 0.1) is 0 Å². The summed E-state index contributed by atoms with van der Waals surface area (Å²) in [6.45, 7) is 4.64. The zero-order valence-electron chi connectivity index (χ0n) is 24.6. The second kappa shape index (κ2) is 9.25. The summed E-state index contributed by atoms with van der Waals surface area (Å²) in [5.74, 6) is -0.634. The van der Waals surface area contributed by atoms with Gasteiger partial charge in [0.1, 0.15) is 0 Å². The summed E-state index contributed by atoms with van der Waals surface area (Å²) in [4.78, 5) is 29.3. The molecule has 0 atom stereocenters. The van der Waals surface area contributed by atoms with Crippen LogP contribution in [0.5, 0.6) is 0 Å². The van der Waals surface area contributed by atoms with Crippen LogP contribution in [0.2, 0.25) is 0 Å². The molecule has 3 aliphatic rings. The Bertz CT molecular complexity index is 2120. The van der Waals surface area contributed by atoms with Crippen molar-refractivity contribution < 1.29 is 9.59 Å². The summed E-state index contributed by atoms with van der Waals surface area (Å²) in [6.07, 6.45) is 1.46. The van der Waals surface area contributed by atoms with E-state index in [4.69, 9.17) is 0 Å². The molecule has 6 aromatic rings. The van der Waals surface area contributed by atoms with E-state index in [1.54, 1.807) is 0 Å². The Labute approximate surface area is 262 Å². The summed E-state index contributed by atoms with van der Waals surface area (Å²) < 4.78 is 2.71. The van der Waals surface area contributed by atoms with E-state index in [-0.39, 0.29) is 31.5 Å². The van der Waals surface area contributed by atoms with Crippen LogP contribution in [0, 0.1) is 5.92 Å². The number of hydrogen-bond donors (Lipinski definition) is 0. The molecule has 4 heteroatoms. The van der Waals surface area contributed by atoms with E-state index in [2.05, 4.69) is 91.5 Å². The van der Waals surface area contributed by atoms with Gasteiger partial charge in [-0.15, -0.1) is 0 Å². The van der Waals surface area contributed by atoms with Crippen molar-refractivity contribution in [3.63, 3.8) is 0 Å². The summed E-state index contributed by atoms with van der Waals surface area (Å²) in [5.41, 5.74) is 11.4. The molecule has 2 aliphatic carbocycles. The van der Waals surface area contributed by atoms with E-state index in [1.165, 1.54) is 53.8 Å². The molecule has 5 aromatic carbocycles. The summed E-state index contributed by atoms with van der Waals surface area (Å²) in [7, 11) is 0. The second-order valence-corrected chi connectivity index (χ2v) is 15.4. The number of para-hydroxylation sites is 2. The van der Waals surface area contributed by atoms with Crippen LogP contribution in [-0.2, 0) is 18.3 Å². The third-order valence-electron chi connectivity index (χ3n) is 9.94. The Kier molecular flexibility index (Phi) is 5.46. The molecule has 0 radical (unpaired) electrons. The monoisotopic (exact) mass is 635 g/mol. The van der Waals surface area contributed by atoms with E-state index in [0.29, 0.717) is 17.5 Å². The van der Waals surface area contributed by atoms with Crippen molar-refractivity contribution in [2.45, 2.75) is 32.1 Å². The van der Waals surface area contributed by atoms with Crippen LogP contribution in [0.4, 0.5) is 17.1 Å². The molecule has 0 fully saturated rings. The molecule has 0 saturated heterocycles. The SMILES string of the molecule is CC1(C)c2ccccc2N(c2ccc3c(c2)Cc2[se]c(CC4C(=O)c5cc6ccccc6cc5C4=O)cc2-3)c2ccccc21. The molecule has 0 saturated carbocycles. The number of rotatable bonds is 3. The topological polar surface area (TPSA) is 37.4 Å². The first-order chi connectivity index (χ1) is 21.4. The van der Waals surface area contributed by atoms with E-state index in [0.717, 1.165) is 17.2 Å². The fraction of sp³-hybridized carbons (Fsp3) is 0.150. The van der Waals surface area contributed by atoms with Gasteiger partial charge in [0.25, 0.3) is 0 Å². The molecule has 9 rings (SSSR count). The van der Waals surface area contributed by atoms with Crippen LogP contribution in [0.3, 0.4) is 0 Å². The molecule has 0 unspecified atom stereocenters. The van der Waals surface area contributed by atoms with Crippen molar-refractivity contribution >= 4 is 53.9 Å². The van der Waals surface area contributed by atoms with Gasteiger partial charge in [0, 0.05) is 0 Å². The zero-order valence-corrected chi connectivity index (χ0v) is 26.3. The molecule has 0 spiro atoms. The van der Waals surface area contributed by atoms with Gasteiger partial charge in [-0.1, -0.05) is 0 Å². The average molecular weight is 635 g/mol. The third-order valence-corrected chi connectivity index (χ3v) is 12.4. The van der Waals surface area contributed by atoms with Crippen LogP contribution >= 0.6 is 0 Å². The van der Waals surface area contributed by atoms with Gasteiger partial charge < -0.3 is 0 Å². The number of hydrogen-bond acceptors (Lipinski definition) is 3. The van der Waals surface area contributed by atoms with Crippen LogP contribution in [-0.4, -0.2) is 26.1 Å². The van der Waals surface area contributed by atoms with Crippen LogP contribution in [0.15, 0.2) is 109 Å². The first-order valence-corrected chi connectivity index (χ1v) is 16.9. The fourth-order valence-corrected chi connectivity index (χ4v) is 10.3. The number of ketones is 2. The standard InChI is InChI=1S/C40H29NO2Se/c1-40(2)33-11-5-7-13-35(33)41(36-14-8-6-12-34(36)40)26-15-16-28-25(17-26)20-37-29(28)21-27(44-37)22-32-38(42)30-18-23-9-3-4-10-24(23)19-31(30)39(32)43/h3-19,21,32H,20,22H2,1-2H3. The zero-order chi connectivity index (χ0) is 29.7. The number of fused-ring (bicyclic) bond motifs is 7. The van der Waals surface area contributed by atoms with Gasteiger partial charge in [-0.2, -0.15) is 0 Å². The van der Waals surface area contributed by atoms with Crippen molar-refractivity contribution in [3.8, 4) is 11.1 Å². The van der Waals surface area contributed by atoms with Crippen LogP contribution in [0.1, 0.15) is 60.1 Å². The number of nitrogens with zero attached hydrogens (tertiary/aromatic N) is 1. The van der Waals surface area contributed by atoms with Gasteiger partial charge >= 0.3 is 263 Å². The van der Waals surface area contributed by atoms with Crippen molar-refractivity contribution in [1.82, 2.24) is 0 Å². The predicted molar refractivity (Wildman–Crippen MR) is 178 cm³/mol. The number of benzene rings is 5. The Morgan fingerprint density at radius 2 is 1.27 bits per heavy atom. The first-order valence-electron chi connectivity index (χ1n) is 15.2. The molecule has 2 heterocycles. The van der Waals surface area contributed by atoms with Crippen molar-refractivity contribution in [3.05, 3.63) is 146 Å². The molecular weight excluding hydrogens is 605 g/mol. The molecule has 0 amide bonds. The van der Waals surface area contributed by atoms with E-state index >= 15 is 0 Å². The van der Waals surface area contributed by atoms with Crippen LogP contribution in [0.25, 0.3) is 21.9 Å². The molecule has 0 bridgehead atoms. The fourth-order valence-electron chi connectivity index (χ4n) is 7.72. The number of carbonyl (C=O) groups excluding carboxylic acids is 2. The van der Waals surface area contributed by atoms with Crippen molar-refractivity contribution in [2.24, 2.45) is 5.92 Å². The molecule has 3 nitrogen and oxygen atoms in total. The normalized spacial score (nSPS) is 16.1. The van der Waals surface area contributed by atoms with Crippen molar-refractivity contribution in [1.29, 1.82) is 0 Å². The Morgan fingerprint density at radius 3 is 1.91 bits per heavy atom. The minimum atomic E-state index is -0.597. The van der Waals surface area contributed by atoms with Gasteiger partial charge in [0.15, 0.2) is 0 Å². The summed E-state index contributed by atoms with van der Waals surface area (Å²) in [6, 6.07) is 38.5. The number of carbonyl (C=O) groups is 2. The summed E-state index contributed by atoms with van der Waals surface area (Å²) >= 11 is 0.142. The average Bonchev–Trinajstić information content (AvgIpc) is 3.66. The van der Waals surface area contributed by atoms with Gasteiger partial charge in [0.2, 0.25) is 0 Å². The minimum absolute atomic E-state index is 0.0187. The second-order valence-electron chi connectivity index (χ2n) is 12.8. The van der Waals surface area contributed by atoms with E-state index < -0.39 is 5.92 Å². The molecular formula is C40H29NO2Se. The molecule has 44 heavy (non-hydrogen) atoms. The Hall–Kier alpha value is -4.50. The van der Waals surface area contributed by atoms with Crippen molar-refractivity contribution in [2.75, 3.05) is 4.90 Å². The molecule has 0 N–H and O–H groups in total. The first kappa shape index (κ1) is 25.9. The maximum absolute atomic E-state index is 13.4. The number of Topliss-reactive ketones (excluding diaryl/α,β-unsaturated/α-hetero) is 2. The van der Waals surface area contributed by atoms with Gasteiger partial charge in [-0.25, -0.2) is 0 Å². The van der Waals surface area contributed by atoms with E-state index in [1.807, 2.05) is 36.4 Å². The van der Waals surface area contributed by atoms with Crippen LogP contribution < -0.4 is 4.90 Å². The Morgan fingerprint density at radius 1 is 0.682 bits per heavy atom. The quantitative estimate of drug-likeness (QED) is 0.144. The molecule has 1 aliphatic heterocycles. The number of anilines is 3.